The molecule has 0 aliphatic rings. The number of alkyl halides is 5. The lowest BCUT2D eigenvalue weighted by Crippen LogP contribution is -2.27. The van der Waals surface area contributed by atoms with Gasteiger partial charge in [-0.25, -0.2) is 17.8 Å². The highest BCUT2D eigenvalue weighted by Gasteiger charge is 2.42. The van der Waals surface area contributed by atoms with Gasteiger partial charge in [0.1, 0.15) is 11.5 Å². The fourth-order valence-corrected chi connectivity index (χ4v) is 5.38. The minimum absolute atomic E-state index is 0.0257. The van der Waals surface area contributed by atoms with E-state index < -0.39 is 66.6 Å². The molecule has 3 rings (SSSR count). The van der Waals surface area contributed by atoms with E-state index in [4.69, 9.17) is 28.9 Å². The van der Waals surface area contributed by atoms with E-state index in [1.165, 1.54) is 17.9 Å². The monoisotopic (exact) mass is 736 g/mol. The summed E-state index contributed by atoms with van der Waals surface area (Å²) in [5.41, 5.74) is -1.17. The van der Waals surface area contributed by atoms with Crippen LogP contribution in [0.3, 0.4) is 0 Å². The molecule has 0 amide bonds. The van der Waals surface area contributed by atoms with Gasteiger partial charge in [0, 0.05) is 19.2 Å². The van der Waals surface area contributed by atoms with Crippen molar-refractivity contribution in [2.45, 2.75) is 46.3 Å². The van der Waals surface area contributed by atoms with Gasteiger partial charge in [0.05, 0.1) is 43.1 Å². The molecule has 0 radical (unpaired) electrons. The van der Waals surface area contributed by atoms with Gasteiger partial charge < -0.3 is 10.6 Å². The zero-order valence-corrected chi connectivity index (χ0v) is 27.1. The Morgan fingerprint density at radius 2 is 1.62 bits per heavy atom. The summed E-state index contributed by atoms with van der Waals surface area (Å²) in [5, 5.41) is 26.2. The zero-order chi connectivity index (χ0) is 36.2. The SMILES string of the molecule is CCCN(CCC)c1c([N+](=O)[O-])cc(C(F)(F)F)c(N)c1[N+](=O)[O-].Cc1nn(-c2cc(NS(C)(=O)=O)c(Cl)cc2Cl)c(=O)n1C(F)F. The summed E-state index contributed by atoms with van der Waals surface area (Å²) >= 11 is 11.8. The molecular weight excluding hydrogens is 710 g/mol. The quantitative estimate of drug-likeness (QED) is 0.0996. The van der Waals surface area contributed by atoms with E-state index in [1.54, 1.807) is 13.8 Å². The number of rotatable bonds is 11. The lowest BCUT2D eigenvalue weighted by Gasteiger charge is -2.24. The van der Waals surface area contributed by atoms with Gasteiger partial charge in [0.15, 0.2) is 5.69 Å². The minimum atomic E-state index is -5.04. The smallest absolute Gasteiger partial charge is 0.393 e. The first-order chi connectivity index (χ1) is 21.6. The average molecular weight is 737 g/mol. The number of aryl methyl sites for hydroxylation is 1. The third-order valence-corrected chi connectivity index (χ3v) is 7.22. The standard InChI is InChI=1S/C13H17F3N4O4.C11H10Cl2F2N4O3S/c1-3-5-18(6-4-2)11-9(19(21)22)7-8(13(14,15)16)10(17)12(11)20(23)24;1-5-16-19(11(20)18(5)10(14)15)9-4-8(17-23(2,21)22)6(12)3-7(9)13/h7H,3-6,17H2,1-2H3;3-4,10,17H,1-2H3. The molecule has 0 aliphatic heterocycles. The molecule has 23 heteroatoms. The summed E-state index contributed by atoms with van der Waals surface area (Å²) in [5.74, 6) is -0.228. The summed E-state index contributed by atoms with van der Waals surface area (Å²) in [4.78, 5) is 33.7. The summed E-state index contributed by atoms with van der Waals surface area (Å²) < 4.78 is 90.3. The maximum absolute atomic E-state index is 13.0. The van der Waals surface area contributed by atoms with Crippen molar-refractivity contribution in [1.82, 2.24) is 14.3 Å². The van der Waals surface area contributed by atoms with Crippen LogP contribution in [-0.4, -0.2) is 52.0 Å². The molecule has 0 bridgehead atoms. The van der Waals surface area contributed by atoms with Crippen LogP contribution in [0.15, 0.2) is 23.0 Å². The molecule has 47 heavy (non-hydrogen) atoms. The summed E-state index contributed by atoms with van der Waals surface area (Å²) in [7, 11) is -3.65. The number of nitrogens with one attached hydrogen (secondary N) is 1. The second kappa shape index (κ2) is 15.1. The van der Waals surface area contributed by atoms with Gasteiger partial charge in [-0.15, -0.1) is 5.10 Å². The number of nitrogen functional groups attached to an aromatic ring is 1. The van der Waals surface area contributed by atoms with Crippen LogP contribution < -0.4 is 21.0 Å². The highest BCUT2D eigenvalue weighted by molar-refractivity contribution is 7.92. The normalized spacial score (nSPS) is 11.7. The van der Waals surface area contributed by atoms with Crippen LogP contribution >= 0.6 is 23.2 Å². The molecule has 1 aromatic heterocycles. The lowest BCUT2D eigenvalue weighted by molar-refractivity contribution is -0.392. The molecule has 0 aliphatic carbocycles. The largest absolute Gasteiger partial charge is 0.418 e. The van der Waals surface area contributed by atoms with Crippen LogP contribution in [0.5, 0.6) is 0 Å². The lowest BCUT2D eigenvalue weighted by atomic mass is 10.1. The van der Waals surface area contributed by atoms with E-state index in [-0.39, 0.29) is 51.0 Å². The second-order valence-electron chi connectivity index (χ2n) is 9.60. The zero-order valence-electron chi connectivity index (χ0n) is 24.8. The number of benzene rings is 2. The van der Waals surface area contributed by atoms with Crippen LogP contribution in [0.25, 0.3) is 5.69 Å². The third-order valence-electron chi connectivity index (χ3n) is 6.02. The molecule has 1 heterocycles. The first-order valence-electron chi connectivity index (χ1n) is 13.1. The number of anilines is 3. The number of sulfonamides is 1. The van der Waals surface area contributed by atoms with Crippen LogP contribution in [0, 0.1) is 27.2 Å². The fourth-order valence-electron chi connectivity index (χ4n) is 4.24. The third kappa shape index (κ3) is 9.19. The van der Waals surface area contributed by atoms with E-state index in [1.807, 2.05) is 0 Å². The number of nitrogens with zero attached hydrogens (tertiary/aromatic N) is 6. The van der Waals surface area contributed by atoms with E-state index in [0.717, 1.165) is 12.3 Å². The Hall–Kier alpha value is -4.24. The first-order valence-corrected chi connectivity index (χ1v) is 15.7. The Morgan fingerprint density at radius 1 is 1.06 bits per heavy atom. The van der Waals surface area contributed by atoms with Gasteiger partial charge in [-0.05, 0) is 31.9 Å². The van der Waals surface area contributed by atoms with Gasteiger partial charge in [-0.2, -0.15) is 26.6 Å². The predicted molar refractivity (Wildman–Crippen MR) is 164 cm³/mol. The Bertz CT molecular complexity index is 1830. The number of nitro groups is 2. The second-order valence-corrected chi connectivity index (χ2v) is 12.2. The van der Waals surface area contributed by atoms with Crippen molar-refractivity contribution in [2.75, 3.05) is 34.7 Å². The molecule has 2 aromatic carbocycles. The van der Waals surface area contributed by atoms with Crippen molar-refractivity contribution in [1.29, 1.82) is 0 Å². The van der Waals surface area contributed by atoms with Crippen molar-refractivity contribution in [3.8, 4) is 5.69 Å². The number of hydrogen-bond acceptors (Lipinski definition) is 10. The van der Waals surface area contributed by atoms with Crippen molar-refractivity contribution in [3.63, 3.8) is 0 Å². The topological polar surface area (TPSA) is 202 Å². The number of nitrogens with two attached hydrogens (primary N) is 1. The van der Waals surface area contributed by atoms with E-state index in [0.29, 0.717) is 17.5 Å². The van der Waals surface area contributed by atoms with Crippen molar-refractivity contribution < 1.29 is 40.2 Å². The summed E-state index contributed by atoms with van der Waals surface area (Å²) in [6, 6.07) is 2.57. The molecule has 0 atom stereocenters. The molecule has 0 fully saturated rings. The van der Waals surface area contributed by atoms with Gasteiger partial charge in [0.2, 0.25) is 10.0 Å². The highest BCUT2D eigenvalue weighted by atomic mass is 35.5. The van der Waals surface area contributed by atoms with Crippen molar-refractivity contribution in [3.05, 3.63) is 70.3 Å². The molecule has 260 valence electrons. The molecule has 0 unspecified atom stereocenters. The van der Waals surface area contributed by atoms with Crippen LogP contribution in [0.1, 0.15) is 44.6 Å². The van der Waals surface area contributed by atoms with E-state index in [2.05, 4.69) is 9.82 Å². The average Bonchev–Trinajstić information content (AvgIpc) is 3.21. The minimum Gasteiger partial charge on any atom is -0.393 e. The Kier molecular flexibility index (Phi) is 12.5. The first kappa shape index (κ1) is 38.9. The summed E-state index contributed by atoms with van der Waals surface area (Å²) in [6.07, 6.45) is -3.15. The van der Waals surface area contributed by atoms with Crippen LogP contribution in [0.4, 0.5) is 50.4 Å². The molecular formula is C24H27Cl2F5N8O7S. The van der Waals surface area contributed by atoms with Crippen molar-refractivity contribution in [2.24, 2.45) is 0 Å². The molecule has 0 saturated carbocycles. The molecule has 3 N–H and O–H groups in total. The molecule has 0 saturated heterocycles. The number of nitro benzene ring substituents is 2. The Labute approximate surface area is 273 Å². The van der Waals surface area contributed by atoms with Crippen molar-refractivity contribution >= 4 is 61.7 Å². The maximum Gasteiger partial charge on any atom is 0.418 e. The van der Waals surface area contributed by atoms with Gasteiger partial charge in [-0.3, -0.25) is 25.0 Å². The fraction of sp³-hybridized carbons (Fsp3) is 0.417. The maximum atomic E-state index is 13.0. The summed E-state index contributed by atoms with van der Waals surface area (Å²) in [6.45, 7) is 2.06. The van der Waals surface area contributed by atoms with Crippen LogP contribution in [-0.2, 0) is 16.2 Å². The number of hydrogen-bond donors (Lipinski definition) is 2. The highest BCUT2D eigenvalue weighted by Crippen LogP contribution is 2.48. The Balaban J connectivity index is 0.000000327. The van der Waals surface area contributed by atoms with Gasteiger partial charge in [-0.1, -0.05) is 37.0 Å². The predicted octanol–water partition coefficient (Wildman–Crippen LogP) is 6.15. The molecule has 3 aromatic rings. The molecule has 0 spiro atoms. The number of halogens is 7. The van der Waals surface area contributed by atoms with E-state index >= 15 is 0 Å². The number of aromatic nitrogens is 3. The van der Waals surface area contributed by atoms with E-state index in [9.17, 15) is 55.4 Å². The van der Waals surface area contributed by atoms with Crippen LogP contribution in [0.2, 0.25) is 10.0 Å². The Morgan fingerprint density at radius 3 is 2.02 bits per heavy atom. The van der Waals surface area contributed by atoms with Gasteiger partial charge >= 0.3 is 24.1 Å². The molecule has 15 nitrogen and oxygen atoms in total. The van der Waals surface area contributed by atoms with Gasteiger partial charge in [0.25, 0.3) is 5.69 Å².